The summed E-state index contributed by atoms with van der Waals surface area (Å²) in [6.07, 6.45) is 18.4. The number of aryl methyl sites for hydroxylation is 8. The number of anilines is 4. The molecule has 0 fully saturated rings. The van der Waals surface area contributed by atoms with E-state index in [1.54, 1.807) is 61.3 Å². The van der Waals surface area contributed by atoms with Crippen molar-refractivity contribution < 1.29 is 81.2 Å². The number of carboxylic acid groups (broad SMARTS) is 1. The zero-order valence-corrected chi connectivity index (χ0v) is 62.5. The Kier molecular flexibility index (Phi) is 47.5. The highest BCUT2D eigenvalue weighted by Gasteiger charge is 2.18. The van der Waals surface area contributed by atoms with Gasteiger partial charge in [0.1, 0.15) is 23.0 Å². The molecule has 0 aliphatic rings. The van der Waals surface area contributed by atoms with Crippen molar-refractivity contribution in [3.63, 3.8) is 0 Å². The van der Waals surface area contributed by atoms with Crippen LogP contribution >= 0.6 is 92.0 Å². The van der Waals surface area contributed by atoms with Gasteiger partial charge in [-0.1, -0.05) is 78.1 Å². The highest BCUT2D eigenvalue weighted by atomic mass is 36.0. The highest BCUT2D eigenvalue weighted by molar-refractivity contribution is 8.26. The lowest BCUT2D eigenvalue weighted by Gasteiger charge is -2.17. The first-order valence-corrected chi connectivity index (χ1v) is 36.9. The molecule has 536 valence electrons. The molecule has 0 amide bonds. The Morgan fingerprint density at radius 1 is 0.469 bits per heavy atom. The number of halogens is 7. The van der Waals surface area contributed by atoms with Crippen molar-refractivity contribution in [3.8, 4) is 0 Å². The molecule has 4 atom stereocenters. The minimum atomic E-state index is -2.58. The third-order valence-electron chi connectivity index (χ3n) is 12.0. The number of benzene rings is 4. The van der Waals surface area contributed by atoms with Crippen LogP contribution in [-0.4, -0.2) is 65.8 Å². The third kappa shape index (κ3) is 36.5. The first-order chi connectivity index (χ1) is 45.4. The van der Waals surface area contributed by atoms with E-state index in [-0.39, 0.29) is 74.4 Å². The summed E-state index contributed by atoms with van der Waals surface area (Å²) in [6, 6.07) is 25.7. The molecule has 0 saturated carbocycles. The van der Waals surface area contributed by atoms with E-state index in [0.29, 0.717) is 79.2 Å². The van der Waals surface area contributed by atoms with E-state index in [1.165, 1.54) is 42.7 Å². The van der Waals surface area contributed by atoms with Gasteiger partial charge < -0.3 is 77.3 Å². The predicted molar refractivity (Wildman–Crippen MR) is 397 cm³/mol. The average Bonchev–Trinajstić information content (AvgIpc) is 1.04. The fourth-order valence-electron chi connectivity index (χ4n) is 7.58. The van der Waals surface area contributed by atoms with E-state index in [4.69, 9.17) is 79.9 Å². The molecule has 8 aromatic rings. The van der Waals surface area contributed by atoms with Gasteiger partial charge in [0.25, 0.3) is 5.24 Å². The van der Waals surface area contributed by atoms with Crippen LogP contribution in [0.5, 0.6) is 0 Å². The Morgan fingerprint density at radius 3 is 0.918 bits per heavy atom. The number of aromatic carboxylic acids is 1. The van der Waals surface area contributed by atoms with Gasteiger partial charge in [0.15, 0.2) is 0 Å². The lowest BCUT2D eigenvalue weighted by atomic mass is 10.0. The van der Waals surface area contributed by atoms with Crippen molar-refractivity contribution in [1.29, 1.82) is 0 Å². The van der Waals surface area contributed by atoms with E-state index in [0.717, 1.165) is 23.0 Å². The second-order valence-electron chi connectivity index (χ2n) is 18.3. The van der Waals surface area contributed by atoms with Crippen LogP contribution in [0.4, 0.5) is 22.7 Å². The van der Waals surface area contributed by atoms with Gasteiger partial charge in [-0.2, -0.15) is 0 Å². The smallest absolute Gasteiger partial charge is 0.336 e. The number of allylic oxidation sites excluding steroid dienone is 4. The zero-order chi connectivity index (χ0) is 72.0. The molecule has 0 spiro atoms. The number of carbonyl (C=O) groups is 4. The number of hydrogen-bond donors (Lipinski definition) is 6. The number of rotatable bonds is 24. The zero-order valence-electron chi connectivity index (χ0n) is 51.4. The summed E-state index contributed by atoms with van der Waals surface area (Å²) in [7, 11) is 7.36. The quantitative estimate of drug-likeness (QED) is 0.00817. The van der Waals surface area contributed by atoms with E-state index in [1.807, 2.05) is 70.2 Å². The molecule has 0 radical (unpaired) electrons. The molecule has 4 aromatic heterocycles. The molecule has 0 aliphatic carbocycles. The summed E-state index contributed by atoms with van der Waals surface area (Å²) >= 11 is 27.8. The number of carboxylic acids is 1. The Balaban J connectivity index is 0.00000120. The molecular formula is C62H65Cl7N4O18S7-4. The SMILES string of the molecule is C.CC=CC.CC=CC.O=C(Cl)c1cc(NS(=O)[O-])c(Cl)cc1CCc1ccco1.O=C(O)c1cc(NS(=O)[O-])c(Cl)cc1CCc1ccco1.O=C(S)c1cc(NS(=O)[O-])c(Cl)cc1CCc1ccco1.O=C([S-])c1cc(NS(=O)[O-])c(Cl)cc1CCc1ccco1.O=S(Cl)Cl.[CH3+]. The van der Waals surface area contributed by atoms with Crippen molar-refractivity contribution in [2.75, 3.05) is 18.9 Å². The molecule has 0 bridgehead atoms. The van der Waals surface area contributed by atoms with E-state index >= 15 is 0 Å². The van der Waals surface area contributed by atoms with Crippen LogP contribution in [0.3, 0.4) is 0 Å². The van der Waals surface area contributed by atoms with Crippen molar-refractivity contribution in [1.82, 2.24) is 0 Å². The molecular weight excluding hydrogens is 1560 g/mol. The van der Waals surface area contributed by atoms with Crippen LogP contribution in [0.2, 0.25) is 20.1 Å². The van der Waals surface area contributed by atoms with Gasteiger partial charge >= 0.3 is 5.97 Å². The summed E-state index contributed by atoms with van der Waals surface area (Å²) in [5.74, 6) is 1.90. The average molecular weight is 1630 g/mol. The van der Waals surface area contributed by atoms with Gasteiger partial charge in [0.2, 0.25) is 14.3 Å². The topological polar surface area (TPSA) is 367 Å². The summed E-state index contributed by atoms with van der Waals surface area (Å²) in [6.45, 7) is 8.00. The lowest BCUT2D eigenvalue weighted by Crippen LogP contribution is -2.08. The fraction of sp³-hybridized carbons (Fsp3) is 0.210. The summed E-state index contributed by atoms with van der Waals surface area (Å²) < 4.78 is 124. The van der Waals surface area contributed by atoms with Gasteiger partial charge in [-0.3, -0.25) is 26.4 Å². The van der Waals surface area contributed by atoms with Crippen LogP contribution in [0.15, 0.2) is 164 Å². The van der Waals surface area contributed by atoms with Crippen molar-refractivity contribution in [2.24, 2.45) is 0 Å². The predicted octanol–water partition coefficient (Wildman–Crippen LogP) is 16.8. The maximum atomic E-state index is 11.6. The number of hydrogen-bond acceptors (Lipinski definition) is 18. The number of thiol groups is 1. The maximum absolute atomic E-state index is 11.6. The minimum Gasteiger partial charge on any atom is -0.755 e. The Hall–Kier alpha value is -5.78. The molecule has 4 heterocycles. The maximum Gasteiger partial charge on any atom is 0.336 e. The normalized spacial score (nSPS) is 11.5. The van der Waals surface area contributed by atoms with Gasteiger partial charge in [-0.15, -0.1) is 12.6 Å². The van der Waals surface area contributed by atoms with Crippen LogP contribution in [0.1, 0.15) is 122 Å². The Labute approximate surface area is 625 Å². The van der Waals surface area contributed by atoms with Gasteiger partial charge in [0, 0.05) is 116 Å². The van der Waals surface area contributed by atoms with E-state index < -0.39 is 75.7 Å². The first kappa shape index (κ1) is 92.2. The number of furan rings is 4. The molecule has 0 aliphatic heterocycles. The molecule has 98 heavy (non-hydrogen) atoms. The fourth-order valence-corrected chi connectivity index (χ4v) is 10.7. The second-order valence-corrected chi connectivity index (χ2v) is 26.3. The van der Waals surface area contributed by atoms with E-state index in [9.17, 15) is 59.3 Å². The van der Waals surface area contributed by atoms with Crippen LogP contribution in [0.25, 0.3) is 0 Å². The van der Waals surface area contributed by atoms with E-state index in [2.05, 4.69) is 65.5 Å². The molecule has 4 aromatic carbocycles. The molecule has 22 nitrogen and oxygen atoms in total. The first-order valence-electron chi connectivity index (χ1n) is 27.0. The lowest BCUT2D eigenvalue weighted by molar-refractivity contribution is 0.0695. The molecule has 0 saturated heterocycles. The van der Waals surface area contributed by atoms with Crippen molar-refractivity contribution >= 4 is 203 Å². The van der Waals surface area contributed by atoms with Gasteiger partial charge in [-0.05, 0) is 190 Å². The molecule has 36 heteroatoms. The van der Waals surface area contributed by atoms with Crippen LogP contribution < -0.4 is 18.9 Å². The number of nitrogens with one attached hydrogen (secondary N) is 4. The molecule has 4 unspecified atom stereocenters. The Morgan fingerprint density at radius 2 is 0.704 bits per heavy atom. The third-order valence-corrected chi connectivity index (χ3v) is 15.4. The van der Waals surface area contributed by atoms with Gasteiger partial charge in [0.05, 0.1) is 73.5 Å². The second kappa shape index (κ2) is 50.5. The Bertz CT molecular complexity index is 3450. The molecule has 8 rings (SSSR count). The van der Waals surface area contributed by atoms with Crippen molar-refractivity contribution in [2.45, 2.75) is 86.5 Å². The summed E-state index contributed by atoms with van der Waals surface area (Å²) in [5, 5.41) is 8.26. The van der Waals surface area contributed by atoms with Crippen molar-refractivity contribution in [3.05, 3.63) is 241 Å². The van der Waals surface area contributed by atoms with Crippen LogP contribution in [-0.2, 0) is 118 Å². The summed E-state index contributed by atoms with van der Waals surface area (Å²) in [5.41, 5.74) is 3.64. The minimum absolute atomic E-state index is 0. The standard InChI is InChI=1S/C13H11Cl2NO4S.C13H12ClNO5S.2C13H12ClNO4S2.2C4H8.CH4.CH3.Cl2OS/c14-11-6-8(3-4-9-2-1-5-20-9)10(13(15)17)7-12(11)16-21(18)19;14-11-6-8(3-4-9-2-1-5-20-9)10(13(16)17)7-12(11)15-21(18)19;2*14-11-6-8(3-4-9-2-1-5-19-9)10(13(16)20)7-12(11)15-21(17)18;2*1-3-4-2;;;1-4(2)3/h1-2,5-7,16H,3-4H2,(H,18,19);1-2,5-7,15H,3-4H2,(H,16,17)(H,18,19);2*1-2,5-7,15H,3-4H2,(H,16,20)(H,17,18);2*3-4H,1-2H3;1H4;1H3;/q;;;;;;;+1;/p-5. The highest BCUT2D eigenvalue weighted by Crippen LogP contribution is 2.32. The largest absolute Gasteiger partial charge is 0.755 e. The van der Waals surface area contributed by atoms with Crippen LogP contribution in [0, 0.1) is 7.43 Å². The molecule has 5 N–H and O–H groups in total. The monoisotopic (exact) mass is 1620 g/mol. The van der Waals surface area contributed by atoms with Gasteiger partial charge in [-0.25, -0.2) is 9.00 Å². The number of carbonyl (C=O) groups excluding carboxylic acids is 3. The summed E-state index contributed by atoms with van der Waals surface area (Å²) in [4.78, 5) is 45.9.